The summed E-state index contributed by atoms with van der Waals surface area (Å²) in [6, 6.07) is 4.40. The minimum Gasteiger partial charge on any atom is -0.478 e. The van der Waals surface area contributed by atoms with E-state index < -0.39 is 29.3 Å². The Hall–Kier alpha value is -1.45. The molecule has 0 bridgehead atoms. The molecule has 0 saturated carbocycles. The highest BCUT2D eigenvalue weighted by molar-refractivity contribution is 6.81. The van der Waals surface area contributed by atoms with Gasteiger partial charge in [-0.3, -0.25) is 0 Å². The lowest BCUT2D eigenvalue weighted by Crippen LogP contribution is -2.41. The average Bonchev–Trinajstić information content (AvgIpc) is 2.25. The Kier molecular flexibility index (Phi) is 4.67. The van der Waals surface area contributed by atoms with Gasteiger partial charge in [-0.25, -0.2) is 9.59 Å². The van der Waals surface area contributed by atoms with Crippen LogP contribution in [0.2, 0.25) is 26.2 Å². The summed E-state index contributed by atoms with van der Waals surface area (Å²) in [4.78, 5) is 22.1. The Labute approximate surface area is 114 Å². The zero-order valence-corrected chi connectivity index (χ0v) is 13.4. The minimum atomic E-state index is -1.70. The molecule has 1 aromatic carbocycles. The monoisotopic (exact) mass is 297 g/mol. The van der Waals surface area contributed by atoms with Crippen molar-refractivity contribution in [1.29, 1.82) is 0 Å². The van der Waals surface area contributed by atoms with E-state index in [0.717, 1.165) is 5.19 Å². The van der Waals surface area contributed by atoms with E-state index >= 15 is 0 Å². The highest BCUT2D eigenvalue weighted by Crippen LogP contribution is 2.10. The van der Waals surface area contributed by atoms with E-state index in [-0.39, 0.29) is 11.1 Å². The molecule has 0 atom stereocenters. The van der Waals surface area contributed by atoms with Crippen molar-refractivity contribution in [2.24, 2.45) is 0 Å². The Morgan fingerprint density at radius 3 is 2.05 bits per heavy atom. The molecule has 103 valence electrons. The van der Waals surface area contributed by atoms with Crippen LogP contribution in [0.15, 0.2) is 18.2 Å². The minimum absolute atomic E-state index is 0.187. The Balaban J connectivity index is 3.15. The molecular formula is C12H17O5Si2. The second kappa shape index (κ2) is 5.68. The van der Waals surface area contributed by atoms with Crippen molar-refractivity contribution in [2.45, 2.75) is 26.2 Å². The second-order valence-corrected chi connectivity index (χ2v) is 11.9. The molecule has 0 aromatic heterocycles. The third-order valence-corrected chi connectivity index (χ3v) is 7.14. The van der Waals surface area contributed by atoms with Crippen molar-refractivity contribution in [2.75, 3.05) is 0 Å². The van der Waals surface area contributed by atoms with Crippen LogP contribution in [0.4, 0.5) is 0 Å². The number of carboxylic acids is 2. The van der Waals surface area contributed by atoms with Crippen LogP contribution < -0.4 is 5.19 Å². The third kappa shape index (κ3) is 4.30. The highest BCUT2D eigenvalue weighted by atomic mass is 28.4. The summed E-state index contributed by atoms with van der Waals surface area (Å²) < 4.78 is 5.96. The number of carboxylic acid groups (broad SMARTS) is 2. The van der Waals surface area contributed by atoms with Gasteiger partial charge in [0, 0.05) is 0 Å². The summed E-state index contributed by atoms with van der Waals surface area (Å²) in [5, 5.41) is 18.8. The van der Waals surface area contributed by atoms with Gasteiger partial charge in [0.2, 0.25) is 9.04 Å². The predicted molar refractivity (Wildman–Crippen MR) is 76.0 cm³/mol. The molecule has 0 spiro atoms. The Morgan fingerprint density at radius 2 is 1.63 bits per heavy atom. The number of carbonyl (C=O) groups is 2. The van der Waals surface area contributed by atoms with Gasteiger partial charge in [0.25, 0.3) is 0 Å². The van der Waals surface area contributed by atoms with Crippen LogP contribution in [-0.2, 0) is 4.12 Å². The lowest BCUT2D eigenvalue weighted by atomic mass is 10.1. The molecule has 0 aliphatic carbocycles. The normalized spacial score (nSPS) is 11.6. The van der Waals surface area contributed by atoms with Crippen LogP contribution in [0.5, 0.6) is 0 Å². The van der Waals surface area contributed by atoms with E-state index in [0.29, 0.717) is 0 Å². The molecule has 0 aliphatic heterocycles. The van der Waals surface area contributed by atoms with Crippen molar-refractivity contribution in [1.82, 2.24) is 0 Å². The van der Waals surface area contributed by atoms with Crippen LogP contribution in [0.3, 0.4) is 0 Å². The van der Waals surface area contributed by atoms with Crippen molar-refractivity contribution in [3.63, 3.8) is 0 Å². The molecule has 0 heterocycles. The molecule has 5 nitrogen and oxygen atoms in total. The molecule has 0 unspecified atom stereocenters. The maximum Gasteiger partial charge on any atom is 0.336 e. The summed E-state index contributed by atoms with van der Waals surface area (Å²) in [7, 11) is -3.02. The fourth-order valence-corrected chi connectivity index (χ4v) is 6.46. The highest BCUT2D eigenvalue weighted by Gasteiger charge is 2.23. The van der Waals surface area contributed by atoms with E-state index in [9.17, 15) is 9.59 Å². The SMILES string of the molecule is C[Si](O[Si](C)(C)C)c1ccc(C(=O)O)c(C(=O)O)c1. The summed E-state index contributed by atoms with van der Waals surface area (Å²) in [5.74, 6) is -2.47. The van der Waals surface area contributed by atoms with E-state index in [4.69, 9.17) is 14.3 Å². The molecule has 7 heteroatoms. The fourth-order valence-electron chi connectivity index (χ4n) is 1.64. The maximum atomic E-state index is 11.1. The van der Waals surface area contributed by atoms with E-state index in [1.165, 1.54) is 12.1 Å². The molecular weight excluding hydrogens is 280 g/mol. The smallest absolute Gasteiger partial charge is 0.336 e. The quantitative estimate of drug-likeness (QED) is 0.809. The summed E-state index contributed by atoms with van der Waals surface area (Å²) >= 11 is 0. The first-order valence-corrected chi connectivity index (χ1v) is 11.1. The van der Waals surface area contributed by atoms with Crippen LogP contribution >= 0.6 is 0 Å². The number of benzene rings is 1. The van der Waals surface area contributed by atoms with Crippen LogP contribution in [0.1, 0.15) is 20.7 Å². The Morgan fingerprint density at radius 1 is 1.11 bits per heavy atom. The molecule has 0 saturated heterocycles. The average molecular weight is 297 g/mol. The van der Waals surface area contributed by atoms with Gasteiger partial charge in [0.1, 0.15) is 0 Å². The maximum absolute atomic E-state index is 11.1. The molecule has 0 aliphatic rings. The van der Waals surface area contributed by atoms with Crippen LogP contribution in [0.25, 0.3) is 0 Å². The number of hydrogen-bond donors (Lipinski definition) is 2. The van der Waals surface area contributed by atoms with E-state index in [2.05, 4.69) is 19.6 Å². The molecule has 0 amide bonds. The van der Waals surface area contributed by atoms with Crippen LogP contribution in [-0.4, -0.2) is 39.5 Å². The van der Waals surface area contributed by atoms with Crippen molar-refractivity contribution >= 4 is 34.5 Å². The van der Waals surface area contributed by atoms with Crippen molar-refractivity contribution in [3.05, 3.63) is 29.3 Å². The first-order chi connectivity index (χ1) is 8.61. The van der Waals surface area contributed by atoms with Gasteiger partial charge in [0.15, 0.2) is 8.32 Å². The predicted octanol–water partition coefficient (Wildman–Crippen LogP) is 1.76. The fraction of sp³-hybridized carbons (Fsp3) is 0.333. The Bertz CT molecular complexity index is 507. The van der Waals surface area contributed by atoms with Gasteiger partial charge >= 0.3 is 11.9 Å². The van der Waals surface area contributed by atoms with Gasteiger partial charge in [-0.15, -0.1) is 0 Å². The molecule has 2 N–H and O–H groups in total. The molecule has 1 radical (unpaired) electrons. The summed E-state index contributed by atoms with van der Waals surface area (Å²) in [5.41, 5.74) is -0.382. The van der Waals surface area contributed by atoms with E-state index in [1.807, 2.05) is 6.55 Å². The molecule has 1 aromatic rings. The number of rotatable bonds is 5. The topological polar surface area (TPSA) is 83.8 Å². The van der Waals surface area contributed by atoms with Gasteiger partial charge < -0.3 is 14.3 Å². The molecule has 19 heavy (non-hydrogen) atoms. The van der Waals surface area contributed by atoms with Crippen molar-refractivity contribution in [3.8, 4) is 0 Å². The molecule has 0 fully saturated rings. The first kappa shape index (κ1) is 15.6. The lowest BCUT2D eigenvalue weighted by Gasteiger charge is -2.22. The largest absolute Gasteiger partial charge is 0.478 e. The zero-order valence-electron chi connectivity index (χ0n) is 11.4. The van der Waals surface area contributed by atoms with Crippen molar-refractivity contribution < 1.29 is 23.9 Å². The van der Waals surface area contributed by atoms with Gasteiger partial charge in [-0.2, -0.15) is 0 Å². The first-order valence-electron chi connectivity index (χ1n) is 5.75. The summed E-state index contributed by atoms with van der Waals surface area (Å²) in [6.45, 7) is 8.12. The van der Waals surface area contributed by atoms with Crippen LogP contribution in [0, 0.1) is 0 Å². The zero-order chi connectivity index (χ0) is 14.8. The summed E-state index contributed by atoms with van der Waals surface area (Å²) in [6.07, 6.45) is 0. The molecule has 1 rings (SSSR count). The van der Waals surface area contributed by atoms with E-state index in [1.54, 1.807) is 6.07 Å². The number of hydrogen-bond acceptors (Lipinski definition) is 3. The lowest BCUT2D eigenvalue weighted by molar-refractivity contribution is 0.0651. The van der Waals surface area contributed by atoms with Gasteiger partial charge in [-0.05, 0) is 43.5 Å². The van der Waals surface area contributed by atoms with Gasteiger partial charge in [0.05, 0.1) is 11.1 Å². The number of aromatic carboxylic acids is 2. The third-order valence-electron chi connectivity index (χ3n) is 2.35. The standard InChI is InChI=1S/C12H17O5Si2/c1-18(17-19(2,3)4)8-5-6-9(11(13)14)10(7-8)12(15)16/h5-7H,1-4H3,(H,13,14)(H,15,16). The van der Waals surface area contributed by atoms with Gasteiger partial charge in [-0.1, -0.05) is 6.07 Å². The second-order valence-electron chi connectivity index (χ2n) is 5.14.